The van der Waals surface area contributed by atoms with Crippen LogP contribution >= 0.6 is 0 Å². The lowest BCUT2D eigenvalue weighted by Gasteiger charge is -2.30. The van der Waals surface area contributed by atoms with E-state index in [1.54, 1.807) is 0 Å². The summed E-state index contributed by atoms with van der Waals surface area (Å²) in [5, 5.41) is 10.9. The van der Waals surface area contributed by atoms with Gasteiger partial charge in [-0.15, -0.1) is 10.2 Å². The summed E-state index contributed by atoms with van der Waals surface area (Å²) in [7, 11) is 0. The molecule has 3 aromatic rings. The van der Waals surface area contributed by atoms with Gasteiger partial charge >= 0.3 is 0 Å². The third-order valence-electron chi connectivity index (χ3n) is 4.39. The van der Waals surface area contributed by atoms with Crippen molar-refractivity contribution < 1.29 is 13.9 Å². The Morgan fingerprint density at radius 3 is 2.56 bits per heavy atom. The first kappa shape index (κ1) is 17.2. The van der Waals surface area contributed by atoms with Crippen molar-refractivity contribution in [2.45, 2.75) is 6.54 Å². The standard InChI is InChI=1S/C20H20N4O3/c25-19(16-8-4-5-9-17(16)24-10-12-26-13-11-24)21-14-18-22-23-20(27-18)15-6-2-1-3-7-15/h1-9H,10-14H2,(H,21,25). The highest BCUT2D eigenvalue weighted by Gasteiger charge is 2.19. The van der Waals surface area contributed by atoms with Crippen LogP contribution in [0.3, 0.4) is 0 Å². The van der Waals surface area contributed by atoms with Gasteiger partial charge in [-0.25, -0.2) is 0 Å². The van der Waals surface area contributed by atoms with E-state index in [1.807, 2.05) is 54.6 Å². The fourth-order valence-electron chi connectivity index (χ4n) is 3.02. The van der Waals surface area contributed by atoms with Crippen molar-refractivity contribution >= 4 is 11.6 Å². The molecule has 0 aliphatic carbocycles. The van der Waals surface area contributed by atoms with Gasteiger partial charge in [0.15, 0.2) is 0 Å². The molecule has 0 bridgehead atoms. The first-order valence-corrected chi connectivity index (χ1v) is 8.89. The second kappa shape index (κ2) is 8.01. The van der Waals surface area contributed by atoms with Crippen molar-refractivity contribution in [1.82, 2.24) is 15.5 Å². The summed E-state index contributed by atoms with van der Waals surface area (Å²) >= 11 is 0. The lowest BCUT2D eigenvalue weighted by atomic mass is 10.1. The average molecular weight is 364 g/mol. The van der Waals surface area contributed by atoms with Gasteiger partial charge in [0.1, 0.15) is 0 Å². The van der Waals surface area contributed by atoms with Crippen LogP contribution in [0.5, 0.6) is 0 Å². The predicted octanol–water partition coefficient (Wildman–Crippen LogP) is 2.50. The van der Waals surface area contributed by atoms with Crippen molar-refractivity contribution in [1.29, 1.82) is 0 Å². The third kappa shape index (κ3) is 3.98. The molecule has 4 rings (SSSR count). The molecule has 1 N–H and O–H groups in total. The lowest BCUT2D eigenvalue weighted by Crippen LogP contribution is -2.37. The summed E-state index contributed by atoms with van der Waals surface area (Å²) in [6, 6.07) is 17.1. The molecule has 1 saturated heterocycles. The maximum atomic E-state index is 12.7. The third-order valence-corrected chi connectivity index (χ3v) is 4.39. The monoisotopic (exact) mass is 364 g/mol. The summed E-state index contributed by atoms with van der Waals surface area (Å²) in [6.45, 7) is 3.05. The Morgan fingerprint density at radius 2 is 1.74 bits per heavy atom. The fourth-order valence-corrected chi connectivity index (χ4v) is 3.02. The Morgan fingerprint density at radius 1 is 1.00 bits per heavy atom. The summed E-state index contributed by atoms with van der Waals surface area (Å²) in [6.07, 6.45) is 0. The van der Waals surface area contributed by atoms with Gasteiger partial charge < -0.3 is 19.4 Å². The number of anilines is 1. The van der Waals surface area contributed by atoms with Crippen molar-refractivity contribution in [3.63, 3.8) is 0 Å². The van der Waals surface area contributed by atoms with Crippen LogP contribution in [0.4, 0.5) is 5.69 Å². The maximum absolute atomic E-state index is 12.7. The highest BCUT2D eigenvalue weighted by atomic mass is 16.5. The molecule has 1 aliphatic heterocycles. The fraction of sp³-hybridized carbons (Fsp3) is 0.250. The Labute approximate surface area is 157 Å². The van der Waals surface area contributed by atoms with E-state index in [0.29, 0.717) is 30.6 Å². The number of benzene rings is 2. The van der Waals surface area contributed by atoms with Gasteiger partial charge in [-0.1, -0.05) is 30.3 Å². The Bertz CT molecular complexity index is 904. The normalized spacial score (nSPS) is 14.1. The number of hydrogen-bond acceptors (Lipinski definition) is 6. The van der Waals surface area contributed by atoms with Crippen molar-refractivity contribution in [2.24, 2.45) is 0 Å². The molecule has 2 aromatic carbocycles. The van der Waals surface area contributed by atoms with E-state index in [9.17, 15) is 4.79 Å². The Kier molecular flexibility index (Phi) is 5.11. The zero-order valence-electron chi connectivity index (χ0n) is 14.8. The molecule has 1 aromatic heterocycles. The van der Waals surface area contributed by atoms with Crippen LogP contribution in [0.15, 0.2) is 59.0 Å². The van der Waals surface area contributed by atoms with Gasteiger partial charge in [-0.2, -0.15) is 0 Å². The Balaban J connectivity index is 1.44. The van der Waals surface area contributed by atoms with Crippen molar-refractivity contribution in [3.8, 4) is 11.5 Å². The molecule has 1 fully saturated rings. The zero-order chi connectivity index (χ0) is 18.5. The molecule has 7 heteroatoms. The van der Waals surface area contributed by atoms with Crippen LogP contribution in [-0.4, -0.2) is 42.4 Å². The van der Waals surface area contributed by atoms with E-state index in [0.717, 1.165) is 24.3 Å². The molecule has 0 atom stereocenters. The van der Waals surface area contributed by atoms with Crippen LogP contribution in [0.1, 0.15) is 16.2 Å². The molecular formula is C20H20N4O3. The Hall–Kier alpha value is -3.19. The van der Waals surface area contributed by atoms with E-state index < -0.39 is 0 Å². The number of carbonyl (C=O) groups is 1. The lowest BCUT2D eigenvalue weighted by molar-refractivity contribution is 0.0946. The minimum atomic E-state index is -0.170. The first-order chi connectivity index (χ1) is 13.3. The second-order valence-corrected chi connectivity index (χ2v) is 6.17. The predicted molar refractivity (Wildman–Crippen MR) is 100 cm³/mol. The zero-order valence-corrected chi connectivity index (χ0v) is 14.8. The topological polar surface area (TPSA) is 80.5 Å². The number of rotatable bonds is 5. The molecule has 138 valence electrons. The van der Waals surface area contributed by atoms with Crippen molar-refractivity contribution in [3.05, 3.63) is 66.1 Å². The van der Waals surface area contributed by atoms with E-state index in [-0.39, 0.29) is 12.5 Å². The first-order valence-electron chi connectivity index (χ1n) is 8.89. The van der Waals surface area contributed by atoms with E-state index in [2.05, 4.69) is 20.4 Å². The van der Waals surface area contributed by atoms with E-state index >= 15 is 0 Å². The molecule has 1 aliphatic rings. The molecule has 0 saturated carbocycles. The highest BCUT2D eigenvalue weighted by Crippen LogP contribution is 2.22. The summed E-state index contributed by atoms with van der Waals surface area (Å²) < 4.78 is 11.0. The minimum Gasteiger partial charge on any atom is -0.419 e. The number of morpholine rings is 1. The van der Waals surface area contributed by atoms with E-state index in [1.165, 1.54) is 0 Å². The number of para-hydroxylation sites is 1. The van der Waals surface area contributed by atoms with Crippen LogP contribution in [0.2, 0.25) is 0 Å². The molecule has 1 amide bonds. The molecule has 0 radical (unpaired) electrons. The van der Waals surface area contributed by atoms with Gasteiger partial charge in [-0.05, 0) is 24.3 Å². The summed E-state index contributed by atoms with van der Waals surface area (Å²) in [4.78, 5) is 14.9. The molecule has 0 unspecified atom stereocenters. The van der Waals surface area contributed by atoms with Crippen LogP contribution in [-0.2, 0) is 11.3 Å². The number of nitrogens with one attached hydrogen (secondary N) is 1. The van der Waals surface area contributed by atoms with Gasteiger partial charge in [-0.3, -0.25) is 4.79 Å². The van der Waals surface area contributed by atoms with Crippen LogP contribution < -0.4 is 10.2 Å². The van der Waals surface area contributed by atoms with Gasteiger partial charge in [0.05, 0.1) is 25.3 Å². The smallest absolute Gasteiger partial charge is 0.253 e. The quantitative estimate of drug-likeness (QED) is 0.749. The van der Waals surface area contributed by atoms with Gasteiger partial charge in [0.25, 0.3) is 5.91 Å². The number of nitrogens with zero attached hydrogens (tertiary/aromatic N) is 3. The van der Waals surface area contributed by atoms with Gasteiger partial charge in [0.2, 0.25) is 11.8 Å². The molecule has 27 heavy (non-hydrogen) atoms. The largest absolute Gasteiger partial charge is 0.419 e. The SMILES string of the molecule is O=C(NCc1nnc(-c2ccccc2)o1)c1ccccc1N1CCOCC1. The molecular weight excluding hydrogens is 344 g/mol. The van der Waals surface area contributed by atoms with E-state index in [4.69, 9.17) is 9.15 Å². The summed E-state index contributed by atoms with van der Waals surface area (Å²) in [5.74, 6) is 0.635. The van der Waals surface area contributed by atoms with Crippen LogP contribution in [0.25, 0.3) is 11.5 Å². The average Bonchev–Trinajstić information content (AvgIpc) is 3.22. The van der Waals surface area contributed by atoms with Gasteiger partial charge in [0, 0.05) is 24.3 Å². The number of amides is 1. The minimum absolute atomic E-state index is 0.170. The maximum Gasteiger partial charge on any atom is 0.253 e. The van der Waals surface area contributed by atoms with Crippen molar-refractivity contribution in [2.75, 3.05) is 31.2 Å². The summed E-state index contributed by atoms with van der Waals surface area (Å²) in [5.41, 5.74) is 2.39. The number of ether oxygens (including phenoxy) is 1. The van der Waals surface area contributed by atoms with Crippen LogP contribution in [0, 0.1) is 0 Å². The number of carbonyl (C=O) groups excluding carboxylic acids is 1. The number of aromatic nitrogens is 2. The molecule has 2 heterocycles. The second-order valence-electron chi connectivity index (χ2n) is 6.17. The number of hydrogen-bond donors (Lipinski definition) is 1. The molecule has 0 spiro atoms. The molecule has 7 nitrogen and oxygen atoms in total. The highest BCUT2D eigenvalue weighted by molar-refractivity contribution is 5.99.